The number of carbonyl (C=O) groups excluding carboxylic acids is 1. The summed E-state index contributed by atoms with van der Waals surface area (Å²) in [6.07, 6.45) is 3.19. The second kappa shape index (κ2) is 5.81. The maximum Gasteiger partial charge on any atom is 0.411 e. The molecule has 0 bridgehead atoms. The molecule has 21 heavy (non-hydrogen) atoms. The number of amides is 1. The lowest BCUT2D eigenvalue weighted by Gasteiger charge is -2.28. The smallest absolute Gasteiger partial charge is 0.411 e. The first-order chi connectivity index (χ1) is 9.81. The SMILES string of the molecule is CC(C)(C)OC(=O)N1CC=CC1c1ccc(F)c(CO)n1. The lowest BCUT2D eigenvalue weighted by Crippen LogP contribution is -2.37. The van der Waals surface area contributed by atoms with Crippen molar-refractivity contribution in [3.63, 3.8) is 0 Å². The van der Waals surface area contributed by atoms with Crippen molar-refractivity contribution in [1.29, 1.82) is 0 Å². The first kappa shape index (κ1) is 15.4. The van der Waals surface area contributed by atoms with E-state index in [0.717, 1.165) is 0 Å². The third-order valence-corrected chi connectivity index (χ3v) is 2.98. The standard InChI is InChI=1S/C15H19FN2O3/c1-15(2,3)21-14(20)18-8-4-5-13(18)11-7-6-10(16)12(9-19)17-11/h4-7,13,19H,8-9H2,1-3H3. The fourth-order valence-corrected chi connectivity index (χ4v) is 2.06. The van der Waals surface area contributed by atoms with E-state index in [1.807, 2.05) is 12.2 Å². The summed E-state index contributed by atoms with van der Waals surface area (Å²) in [5, 5.41) is 9.09. The average Bonchev–Trinajstić information content (AvgIpc) is 2.86. The van der Waals surface area contributed by atoms with Crippen LogP contribution in [0.25, 0.3) is 0 Å². The van der Waals surface area contributed by atoms with Crippen molar-refractivity contribution in [2.75, 3.05) is 6.54 Å². The normalized spacial score (nSPS) is 18.1. The van der Waals surface area contributed by atoms with E-state index in [0.29, 0.717) is 12.2 Å². The molecule has 0 aromatic carbocycles. The van der Waals surface area contributed by atoms with Crippen molar-refractivity contribution in [3.05, 3.63) is 41.5 Å². The molecule has 0 saturated heterocycles. The Labute approximate surface area is 123 Å². The molecule has 1 N–H and O–H groups in total. The second-order valence-electron chi connectivity index (χ2n) is 5.83. The van der Waals surface area contributed by atoms with Crippen molar-refractivity contribution in [3.8, 4) is 0 Å². The van der Waals surface area contributed by atoms with Crippen molar-refractivity contribution in [2.24, 2.45) is 0 Å². The Bertz CT molecular complexity index is 567. The van der Waals surface area contributed by atoms with Gasteiger partial charge in [0.15, 0.2) is 0 Å². The molecule has 0 radical (unpaired) electrons. The predicted molar refractivity (Wildman–Crippen MR) is 74.9 cm³/mol. The van der Waals surface area contributed by atoms with Crippen LogP contribution in [-0.2, 0) is 11.3 Å². The number of aliphatic hydroxyl groups excluding tert-OH is 1. The van der Waals surface area contributed by atoms with Crippen LogP contribution in [0.5, 0.6) is 0 Å². The monoisotopic (exact) mass is 294 g/mol. The van der Waals surface area contributed by atoms with Crippen LogP contribution in [0.2, 0.25) is 0 Å². The minimum atomic E-state index is -0.587. The molecule has 1 aliphatic heterocycles. The highest BCUT2D eigenvalue weighted by Crippen LogP contribution is 2.27. The molecule has 0 saturated carbocycles. The van der Waals surface area contributed by atoms with Gasteiger partial charge in [0, 0.05) is 6.54 Å². The topological polar surface area (TPSA) is 62.7 Å². The quantitative estimate of drug-likeness (QED) is 0.852. The van der Waals surface area contributed by atoms with E-state index < -0.39 is 30.2 Å². The summed E-state index contributed by atoms with van der Waals surface area (Å²) >= 11 is 0. The predicted octanol–water partition coefficient (Wildman–Crippen LogP) is 2.56. The number of ether oxygens (including phenoxy) is 1. The summed E-state index contributed by atoms with van der Waals surface area (Å²) in [4.78, 5) is 17.8. The summed E-state index contributed by atoms with van der Waals surface area (Å²) in [6.45, 7) is 5.31. The second-order valence-corrected chi connectivity index (χ2v) is 5.83. The van der Waals surface area contributed by atoms with Gasteiger partial charge in [0.1, 0.15) is 17.1 Å². The first-order valence-electron chi connectivity index (χ1n) is 6.74. The summed E-state index contributed by atoms with van der Waals surface area (Å²) < 4.78 is 18.7. The largest absolute Gasteiger partial charge is 0.444 e. The van der Waals surface area contributed by atoms with Crippen LogP contribution in [0, 0.1) is 5.82 Å². The molecular weight excluding hydrogens is 275 g/mol. The molecule has 1 aliphatic rings. The summed E-state index contributed by atoms with van der Waals surface area (Å²) in [5.74, 6) is -0.563. The zero-order valence-electron chi connectivity index (χ0n) is 12.3. The van der Waals surface area contributed by atoms with E-state index in [2.05, 4.69) is 4.98 Å². The van der Waals surface area contributed by atoms with E-state index in [1.54, 1.807) is 20.8 Å². The number of pyridine rings is 1. The van der Waals surface area contributed by atoms with Gasteiger partial charge in [0.05, 0.1) is 18.3 Å². The Kier molecular flexibility index (Phi) is 4.27. The third kappa shape index (κ3) is 3.58. The molecule has 5 nitrogen and oxygen atoms in total. The van der Waals surface area contributed by atoms with Gasteiger partial charge in [-0.25, -0.2) is 14.2 Å². The Hall–Kier alpha value is -1.95. The number of halogens is 1. The average molecular weight is 294 g/mol. The van der Waals surface area contributed by atoms with Crippen LogP contribution in [-0.4, -0.2) is 33.2 Å². The Morgan fingerprint density at radius 1 is 1.52 bits per heavy atom. The maximum absolute atomic E-state index is 13.4. The van der Waals surface area contributed by atoms with Crippen LogP contribution in [0.4, 0.5) is 9.18 Å². The van der Waals surface area contributed by atoms with Crippen LogP contribution < -0.4 is 0 Å². The zero-order valence-corrected chi connectivity index (χ0v) is 12.3. The van der Waals surface area contributed by atoms with Crippen molar-refractivity contribution >= 4 is 6.09 Å². The Morgan fingerprint density at radius 2 is 2.24 bits per heavy atom. The van der Waals surface area contributed by atoms with Gasteiger partial charge in [-0.15, -0.1) is 0 Å². The highest BCUT2D eigenvalue weighted by molar-refractivity contribution is 5.70. The molecule has 2 rings (SSSR count). The number of aromatic nitrogens is 1. The number of nitrogens with zero attached hydrogens (tertiary/aromatic N) is 2. The molecule has 1 aromatic rings. The first-order valence-corrected chi connectivity index (χ1v) is 6.74. The molecular formula is C15H19FN2O3. The minimum Gasteiger partial charge on any atom is -0.444 e. The minimum absolute atomic E-state index is 0.0306. The van der Waals surface area contributed by atoms with Crippen molar-refractivity contribution < 1.29 is 19.0 Å². The van der Waals surface area contributed by atoms with Crippen LogP contribution in [0.1, 0.15) is 38.2 Å². The zero-order chi connectivity index (χ0) is 15.6. The number of carbonyl (C=O) groups is 1. The molecule has 1 unspecified atom stereocenters. The van der Waals surface area contributed by atoms with E-state index in [4.69, 9.17) is 9.84 Å². The van der Waals surface area contributed by atoms with E-state index >= 15 is 0 Å². The molecule has 0 fully saturated rings. The van der Waals surface area contributed by atoms with Gasteiger partial charge in [-0.1, -0.05) is 12.2 Å². The molecule has 114 valence electrons. The fraction of sp³-hybridized carbons (Fsp3) is 0.467. The highest BCUT2D eigenvalue weighted by Gasteiger charge is 2.31. The van der Waals surface area contributed by atoms with Crippen molar-refractivity contribution in [1.82, 2.24) is 9.88 Å². The van der Waals surface area contributed by atoms with Crippen LogP contribution >= 0.6 is 0 Å². The number of rotatable bonds is 2. The summed E-state index contributed by atoms with van der Waals surface area (Å²) in [7, 11) is 0. The number of hydrogen-bond acceptors (Lipinski definition) is 4. The van der Waals surface area contributed by atoms with E-state index in [1.165, 1.54) is 17.0 Å². The molecule has 6 heteroatoms. The van der Waals surface area contributed by atoms with Gasteiger partial charge < -0.3 is 9.84 Å². The van der Waals surface area contributed by atoms with Gasteiger partial charge in [-0.3, -0.25) is 4.90 Å². The van der Waals surface area contributed by atoms with Crippen LogP contribution in [0.15, 0.2) is 24.3 Å². The van der Waals surface area contributed by atoms with Gasteiger partial charge in [0.2, 0.25) is 0 Å². The van der Waals surface area contributed by atoms with Gasteiger partial charge in [-0.2, -0.15) is 0 Å². The van der Waals surface area contributed by atoms with Gasteiger partial charge in [0.25, 0.3) is 0 Å². The summed E-state index contributed by atoms with van der Waals surface area (Å²) in [6, 6.07) is 2.34. The molecule has 2 heterocycles. The summed E-state index contributed by atoms with van der Waals surface area (Å²) in [5.41, 5.74) is -0.117. The van der Waals surface area contributed by atoms with Gasteiger partial charge >= 0.3 is 6.09 Å². The third-order valence-electron chi connectivity index (χ3n) is 2.98. The number of aliphatic hydroxyl groups is 1. The maximum atomic E-state index is 13.4. The van der Waals surface area contributed by atoms with E-state index in [9.17, 15) is 9.18 Å². The van der Waals surface area contributed by atoms with Gasteiger partial charge in [-0.05, 0) is 32.9 Å². The molecule has 0 spiro atoms. The number of hydrogen-bond donors (Lipinski definition) is 1. The highest BCUT2D eigenvalue weighted by atomic mass is 19.1. The van der Waals surface area contributed by atoms with E-state index in [-0.39, 0.29) is 5.69 Å². The lowest BCUT2D eigenvalue weighted by molar-refractivity contribution is 0.0237. The fourth-order valence-electron chi connectivity index (χ4n) is 2.06. The van der Waals surface area contributed by atoms with Crippen molar-refractivity contribution in [2.45, 2.75) is 39.0 Å². The lowest BCUT2D eigenvalue weighted by atomic mass is 10.1. The Morgan fingerprint density at radius 3 is 2.86 bits per heavy atom. The molecule has 1 aromatic heterocycles. The Balaban J connectivity index is 2.22. The molecule has 0 aliphatic carbocycles. The molecule has 1 atom stereocenters. The van der Waals surface area contributed by atoms with Crippen LogP contribution in [0.3, 0.4) is 0 Å². The molecule has 1 amide bonds.